The Morgan fingerprint density at radius 1 is 0.287 bits per heavy atom. The predicted molar refractivity (Wildman–Crippen MR) is 381 cm³/mol. The molecule has 558 valence electrons. The number of carbonyl (C=O) groups excluding carboxylic acids is 4. The number of hydrogen-bond donors (Lipinski definition) is 3. The van der Waals surface area contributed by atoms with Gasteiger partial charge in [0, 0.05) is 25.7 Å². The number of carbonyl (C=O) groups is 4. The smallest absolute Gasteiger partial charge is 0.462 e. The van der Waals surface area contributed by atoms with Crippen molar-refractivity contribution in [3.63, 3.8) is 0 Å². The third-order valence-electron chi connectivity index (χ3n) is 18.8. The standard InChI is InChI=1S/C75H146O17P2/c1-9-65(5)51-43-35-27-19-13-16-22-31-39-47-55-72(77)85-61-70(91-74(79)57-49-41-33-23-17-14-20-28-36-44-52-66(6)10-2)63-89-93(81,82)87-59-69(76)60-88-94(83,84)90-64-71(62-86-73(78)56-48-40-32-26-25-30-38-46-54-68(8)12-4)92-75(80)58-50-42-34-24-18-15-21-29-37-45-53-67(7)11-3/h65-71,76H,9-64H2,1-8H3,(H,81,82)(H,83,84)/t65?,66?,67?,68?,69-,70-,71-/m1/s1. The minimum atomic E-state index is -4.96. The number of unbranched alkanes of at least 4 members (excludes halogenated alkanes) is 34. The molecule has 0 rings (SSSR count). The molecule has 17 nitrogen and oxygen atoms in total. The van der Waals surface area contributed by atoms with E-state index in [0.29, 0.717) is 25.7 Å². The SMILES string of the molecule is CCC(C)CCCCCCCCCCCCC(=O)OC[C@H](COP(=O)(O)OC[C@@H](O)COP(=O)(O)OC[C@@H](COC(=O)CCCCCCCCCCC(C)CC)OC(=O)CCCCCCCCCCCCC(C)CC)OC(=O)CCCCCCCCCCCCC(C)CC. The van der Waals surface area contributed by atoms with Crippen LogP contribution in [0.4, 0.5) is 0 Å². The van der Waals surface area contributed by atoms with Crippen LogP contribution in [0.25, 0.3) is 0 Å². The zero-order valence-corrected chi connectivity index (χ0v) is 63.4. The second kappa shape index (κ2) is 64.4. The minimum absolute atomic E-state index is 0.105. The Bertz CT molecular complexity index is 1860. The van der Waals surface area contributed by atoms with Gasteiger partial charge in [0.05, 0.1) is 26.4 Å². The molecule has 0 saturated carbocycles. The van der Waals surface area contributed by atoms with E-state index in [1.165, 1.54) is 180 Å². The van der Waals surface area contributed by atoms with Crippen molar-refractivity contribution in [1.82, 2.24) is 0 Å². The molecule has 0 aliphatic carbocycles. The van der Waals surface area contributed by atoms with Crippen LogP contribution >= 0.6 is 15.6 Å². The molecular weight excluding hydrogens is 1230 g/mol. The van der Waals surface area contributed by atoms with E-state index in [4.69, 9.17) is 37.0 Å². The van der Waals surface area contributed by atoms with Gasteiger partial charge < -0.3 is 33.8 Å². The number of phosphoric ester groups is 2. The molecular formula is C75H146O17P2. The molecule has 3 N–H and O–H groups in total. The Kier molecular flexibility index (Phi) is 63.1. The fraction of sp³-hybridized carbons (Fsp3) is 0.947. The van der Waals surface area contributed by atoms with E-state index in [1.54, 1.807) is 0 Å². The number of hydrogen-bond acceptors (Lipinski definition) is 15. The van der Waals surface area contributed by atoms with Crippen LogP contribution in [0.15, 0.2) is 0 Å². The van der Waals surface area contributed by atoms with Gasteiger partial charge in [0.15, 0.2) is 12.2 Å². The first-order valence-corrected chi connectivity index (χ1v) is 41.8. The van der Waals surface area contributed by atoms with Crippen molar-refractivity contribution in [1.29, 1.82) is 0 Å². The van der Waals surface area contributed by atoms with Gasteiger partial charge in [-0.15, -0.1) is 0 Å². The highest BCUT2D eigenvalue weighted by Crippen LogP contribution is 2.45. The summed E-state index contributed by atoms with van der Waals surface area (Å²) in [4.78, 5) is 72.8. The third kappa shape index (κ3) is 63.5. The van der Waals surface area contributed by atoms with E-state index in [9.17, 15) is 43.2 Å². The van der Waals surface area contributed by atoms with Crippen LogP contribution in [-0.2, 0) is 65.4 Å². The van der Waals surface area contributed by atoms with Crippen LogP contribution in [-0.4, -0.2) is 96.7 Å². The maximum Gasteiger partial charge on any atom is 0.472 e. The summed E-state index contributed by atoms with van der Waals surface area (Å²) in [6.07, 6.45) is 48.2. The number of rotatable bonds is 72. The summed E-state index contributed by atoms with van der Waals surface area (Å²) in [5.74, 6) is 1.07. The largest absolute Gasteiger partial charge is 0.472 e. The number of esters is 4. The predicted octanol–water partition coefficient (Wildman–Crippen LogP) is 21.7. The second-order valence-electron chi connectivity index (χ2n) is 28.0. The molecule has 0 saturated heterocycles. The van der Waals surface area contributed by atoms with Crippen LogP contribution in [0.2, 0.25) is 0 Å². The molecule has 0 aliphatic heterocycles. The van der Waals surface area contributed by atoms with Gasteiger partial charge in [-0.25, -0.2) is 9.13 Å². The Balaban J connectivity index is 5.30. The molecule has 0 aliphatic rings. The number of aliphatic hydroxyl groups is 1. The fourth-order valence-corrected chi connectivity index (χ4v) is 12.8. The second-order valence-corrected chi connectivity index (χ2v) is 30.9. The van der Waals surface area contributed by atoms with Crippen LogP contribution in [0, 0.1) is 23.7 Å². The highest BCUT2D eigenvalue weighted by Gasteiger charge is 2.30. The lowest BCUT2D eigenvalue weighted by molar-refractivity contribution is -0.161. The molecule has 0 heterocycles. The van der Waals surface area contributed by atoms with Gasteiger partial charge in [-0.2, -0.15) is 0 Å². The van der Waals surface area contributed by atoms with Crippen LogP contribution in [0.1, 0.15) is 376 Å². The van der Waals surface area contributed by atoms with Gasteiger partial charge in [0.2, 0.25) is 0 Å². The quantitative estimate of drug-likeness (QED) is 0.0222. The topological polar surface area (TPSA) is 237 Å². The summed E-state index contributed by atoms with van der Waals surface area (Å²) in [6.45, 7) is 14.3. The molecule has 0 aromatic heterocycles. The van der Waals surface area contributed by atoms with Crippen LogP contribution < -0.4 is 0 Å². The van der Waals surface area contributed by atoms with Crippen molar-refractivity contribution in [2.75, 3.05) is 39.6 Å². The first-order chi connectivity index (χ1) is 45.2. The van der Waals surface area contributed by atoms with Crippen molar-refractivity contribution >= 4 is 39.5 Å². The van der Waals surface area contributed by atoms with Crippen LogP contribution in [0.5, 0.6) is 0 Å². The van der Waals surface area contributed by atoms with Gasteiger partial charge in [-0.3, -0.25) is 37.3 Å². The van der Waals surface area contributed by atoms with Crippen LogP contribution in [0.3, 0.4) is 0 Å². The third-order valence-corrected chi connectivity index (χ3v) is 20.7. The molecule has 0 fully saturated rings. The van der Waals surface area contributed by atoms with Crippen molar-refractivity contribution < 1.29 is 80.2 Å². The molecule has 9 atom stereocenters. The zero-order valence-electron chi connectivity index (χ0n) is 61.6. The van der Waals surface area contributed by atoms with E-state index in [2.05, 4.69) is 55.4 Å². The Labute approximate surface area is 575 Å². The summed E-state index contributed by atoms with van der Waals surface area (Å²) >= 11 is 0. The monoisotopic (exact) mass is 1380 g/mol. The highest BCUT2D eigenvalue weighted by molar-refractivity contribution is 7.47. The zero-order chi connectivity index (χ0) is 69.6. The van der Waals surface area contributed by atoms with Crippen molar-refractivity contribution in [2.45, 2.75) is 395 Å². The van der Waals surface area contributed by atoms with E-state index in [0.717, 1.165) is 114 Å². The van der Waals surface area contributed by atoms with E-state index < -0.39 is 97.5 Å². The van der Waals surface area contributed by atoms with Gasteiger partial charge in [0.25, 0.3) is 0 Å². The van der Waals surface area contributed by atoms with E-state index >= 15 is 0 Å². The Morgan fingerprint density at radius 3 is 0.702 bits per heavy atom. The van der Waals surface area contributed by atoms with Gasteiger partial charge in [-0.05, 0) is 49.4 Å². The maximum absolute atomic E-state index is 13.1. The van der Waals surface area contributed by atoms with Gasteiger partial charge in [-0.1, -0.05) is 325 Å². The molecule has 0 spiro atoms. The fourth-order valence-electron chi connectivity index (χ4n) is 11.2. The number of aliphatic hydroxyl groups excluding tert-OH is 1. The normalized spacial score (nSPS) is 15.3. The van der Waals surface area contributed by atoms with E-state index in [1.807, 2.05) is 0 Å². The van der Waals surface area contributed by atoms with Crippen molar-refractivity contribution in [2.24, 2.45) is 23.7 Å². The summed E-state index contributed by atoms with van der Waals surface area (Å²) in [6, 6.07) is 0. The highest BCUT2D eigenvalue weighted by atomic mass is 31.2. The molecule has 0 bridgehead atoms. The Hall–Kier alpha value is -1.94. The first-order valence-electron chi connectivity index (χ1n) is 38.9. The molecule has 94 heavy (non-hydrogen) atoms. The number of ether oxygens (including phenoxy) is 4. The van der Waals surface area contributed by atoms with Gasteiger partial charge in [0.1, 0.15) is 19.3 Å². The maximum atomic E-state index is 13.1. The molecule has 0 amide bonds. The molecule has 0 aromatic carbocycles. The summed E-state index contributed by atoms with van der Waals surface area (Å²) < 4.78 is 68.5. The summed E-state index contributed by atoms with van der Waals surface area (Å²) in [5, 5.41) is 10.6. The van der Waals surface area contributed by atoms with Crippen molar-refractivity contribution in [3.05, 3.63) is 0 Å². The lowest BCUT2D eigenvalue weighted by atomic mass is 9.99. The molecule has 19 heteroatoms. The lowest BCUT2D eigenvalue weighted by Gasteiger charge is -2.21. The summed E-state index contributed by atoms with van der Waals surface area (Å²) in [7, 11) is -9.91. The molecule has 6 unspecified atom stereocenters. The molecule has 0 aromatic rings. The number of phosphoric acid groups is 2. The Morgan fingerprint density at radius 2 is 0.479 bits per heavy atom. The first kappa shape index (κ1) is 92.1. The average Bonchev–Trinajstić information content (AvgIpc) is 1.71. The summed E-state index contributed by atoms with van der Waals surface area (Å²) in [5.41, 5.74) is 0. The molecule has 0 radical (unpaired) electrons. The van der Waals surface area contributed by atoms with Gasteiger partial charge >= 0.3 is 39.5 Å². The van der Waals surface area contributed by atoms with E-state index in [-0.39, 0.29) is 25.7 Å². The average molecular weight is 1380 g/mol. The minimum Gasteiger partial charge on any atom is -0.462 e. The lowest BCUT2D eigenvalue weighted by Crippen LogP contribution is -2.30. The van der Waals surface area contributed by atoms with Crippen molar-refractivity contribution in [3.8, 4) is 0 Å².